The number of carbonyl (C=O) groups excluding carboxylic acids is 2. The molecule has 0 bridgehead atoms. The molecule has 0 radical (unpaired) electrons. The average molecular weight is 276 g/mol. The van der Waals surface area contributed by atoms with Gasteiger partial charge in [-0.1, -0.05) is 23.9 Å². The molecule has 2 aliphatic heterocycles. The van der Waals surface area contributed by atoms with E-state index in [1.54, 1.807) is 16.8 Å². The van der Waals surface area contributed by atoms with Crippen LogP contribution in [0.4, 0.5) is 5.69 Å². The highest BCUT2D eigenvalue weighted by atomic mass is 32.2. The minimum Gasteiger partial charge on any atom is -0.343 e. The summed E-state index contributed by atoms with van der Waals surface area (Å²) in [6.07, 6.45) is 1.04. The van der Waals surface area contributed by atoms with Crippen LogP contribution >= 0.6 is 11.8 Å². The van der Waals surface area contributed by atoms with Gasteiger partial charge in [-0.25, -0.2) is 0 Å². The summed E-state index contributed by atoms with van der Waals surface area (Å²) in [5, 5.41) is 0. The summed E-state index contributed by atoms with van der Waals surface area (Å²) >= 11 is 1.52. The van der Waals surface area contributed by atoms with E-state index in [4.69, 9.17) is 0 Å². The number of hydrogen-bond acceptors (Lipinski definition) is 3. The number of rotatable bonds is 2. The van der Waals surface area contributed by atoms with Crippen molar-refractivity contribution in [1.29, 1.82) is 0 Å². The second-order valence-electron chi connectivity index (χ2n) is 4.90. The maximum absolute atomic E-state index is 12.7. The van der Waals surface area contributed by atoms with Crippen LogP contribution < -0.4 is 4.90 Å². The lowest BCUT2D eigenvalue weighted by atomic mass is 10.1. The molecule has 1 atom stereocenters. The van der Waals surface area contributed by atoms with Crippen LogP contribution in [0.25, 0.3) is 0 Å². The van der Waals surface area contributed by atoms with Crippen LogP contribution in [0, 0.1) is 0 Å². The van der Waals surface area contributed by atoms with Crippen molar-refractivity contribution in [1.82, 2.24) is 4.90 Å². The number of thioether (sulfide) groups is 1. The monoisotopic (exact) mass is 276 g/mol. The first kappa shape index (κ1) is 12.5. The van der Waals surface area contributed by atoms with E-state index in [1.807, 2.05) is 31.2 Å². The van der Waals surface area contributed by atoms with E-state index in [1.165, 1.54) is 11.8 Å². The fourth-order valence-corrected chi connectivity index (χ4v) is 4.24. The first-order valence-electron chi connectivity index (χ1n) is 6.47. The molecule has 0 spiro atoms. The average Bonchev–Trinajstić information content (AvgIpc) is 2.93. The van der Waals surface area contributed by atoms with Crippen molar-refractivity contribution in [3.8, 4) is 0 Å². The van der Waals surface area contributed by atoms with E-state index < -0.39 is 4.87 Å². The number of carbonyl (C=O) groups is 2. The van der Waals surface area contributed by atoms with Crippen molar-refractivity contribution >= 4 is 29.3 Å². The summed E-state index contributed by atoms with van der Waals surface area (Å²) in [5.74, 6) is 0.0809. The Balaban J connectivity index is 2.08. The molecule has 3 rings (SSSR count). The number of hydrogen-bond donors (Lipinski definition) is 0. The quantitative estimate of drug-likeness (QED) is 0.830. The number of benzene rings is 1. The van der Waals surface area contributed by atoms with Gasteiger partial charge in [0.2, 0.25) is 5.91 Å². The molecule has 4 nitrogen and oxygen atoms in total. The Hall–Kier alpha value is -1.49. The van der Waals surface area contributed by atoms with Crippen LogP contribution in [0.3, 0.4) is 0 Å². The third-order valence-corrected chi connectivity index (χ3v) is 5.29. The predicted molar refractivity (Wildman–Crippen MR) is 75.1 cm³/mol. The van der Waals surface area contributed by atoms with Crippen LogP contribution in [0.2, 0.25) is 0 Å². The Bertz CT molecular complexity index is 560. The fraction of sp³-hybridized carbons (Fsp3) is 0.429. The molecule has 1 unspecified atom stereocenters. The molecule has 2 amide bonds. The molecule has 0 aromatic heterocycles. The Morgan fingerprint density at radius 2 is 2.21 bits per heavy atom. The van der Waals surface area contributed by atoms with Gasteiger partial charge in [0.1, 0.15) is 0 Å². The van der Waals surface area contributed by atoms with Gasteiger partial charge in [0.15, 0.2) is 4.87 Å². The van der Waals surface area contributed by atoms with Gasteiger partial charge < -0.3 is 4.90 Å². The smallest absolute Gasteiger partial charge is 0.259 e. The molecular weight excluding hydrogens is 260 g/mol. The normalized spacial score (nSPS) is 24.3. The largest absolute Gasteiger partial charge is 0.343 e. The lowest BCUT2D eigenvalue weighted by Crippen LogP contribution is -2.52. The fourth-order valence-electron chi connectivity index (χ4n) is 2.73. The van der Waals surface area contributed by atoms with Crippen LogP contribution in [0.5, 0.6) is 0 Å². The van der Waals surface area contributed by atoms with Crippen molar-refractivity contribution in [3.63, 3.8) is 0 Å². The van der Waals surface area contributed by atoms with E-state index in [2.05, 4.69) is 0 Å². The molecular formula is C14H16N2O2S. The van der Waals surface area contributed by atoms with Gasteiger partial charge in [-0.15, -0.1) is 0 Å². The Morgan fingerprint density at radius 1 is 1.47 bits per heavy atom. The summed E-state index contributed by atoms with van der Waals surface area (Å²) < 4.78 is 0. The van der Waals surface area contributed by atoms with Gasteiger partial charge in [-0.05, 0) is 25.5 Å². The lowest BCUT2D eigenvalue weighted by molar-refractivity contribution is -0.132. The molecule has 19 heavy (non-hydrogen) atoms. The lowest BCUT2D eigenvalue weighted by Gasteiger charge is -2.33. The van der Waals surface area contributed by atoms with Crippen LogP contribution in [0.15, 0.2) is 29.2 Å². The highest BCUT2D eigenvalue weighted by Crippen LogP contribution is 2.56. The molecule has 2 aliphatic rings. The predicted octanol–water partition coefficient (Wildman–Crippen LogP) is 2.09. The molecule has 1 aromatic carbocycles. The standard InChI is InChI=1S/C14H16N2O2S/c1-3-15(2)13(18)14-9-8-12(17)16(14)10-6-4-5-7-11(10)19-14/h4-7H,3,8-9H2,1-2H3. The molecule has 0 saturated carbocycles. The van der Waals surface area contributed by atoms with Gasteiger partial charge in [0.05, 0.1) is 5.69 Å². The molecule has 2 heterocycles. The van der Waals surface area contributed by atoms with E-state index in [9.17, 15) is 9.59 Å². The Morgan fingerprint density at radius 3 is 2.95 bits per heavy atom. The number of fused-ring (bicyclic) bond motifs is 3. The minimum absolute atomic E-state index is 0.0297. The van der Waals surface area contributed by atoms with E-state index in [-0.39, 0.29) is 11.8 Å². The van der Waals surface area contributed by atoms with Crippen LogP contribution in [-0.4, -0.2) is 35.2 Å². The summed E-state index contributed by atoms with van der Waals surface area (Å²) in [6.45, 7) is 2.60. The highest BCUT2D eigenvalue weighted by molar-refractivity contribution is 8.02. The SMILES string of the molecule is CCN(C)C(=O)C12CCC(=O)N1c1ccccc1S2. The zero-order valence-corrected chi connectivity index (χ0v) is 11.9. The van der Waals surface area contributed by atoms with Crippen LogP contribution in [0.1, 0.15) is 19.8 Å². The molecule has 1 aromatic rings. The molecule has 0 aliphatic carbocycles. The maximum atomic E-state index is 12.7. The van der Waals surface area contributed by atoms with Crippen molar-refractivity contribution in [2.45, 2.75) is 29.5 Å². The van der Waals surface area contributed by atoms with E-state index in [0.29, 0.717) is 19.4 Å². The number of para-hydroxylation sites is 1. The molecule has 0 N–H and O–H groups in total. The van der Waals surface area contributed by atoms with Crippen molar-refractivity contribution in [2.24, 2.45) is 0 Å². The van der Waals surface area contributed by atoms with Gasteiger partial charge in [0, 0.05) is 24.9 Å². The highest BCUT2D eigenvalue weighted by Gasteiger charge is 2.57. The van der Waals surface area contributed by atoms with Crippen LogP contribution in [-0.2, 0) is 9.59 Å². The van der Waals surface area contributed by atoms with E-state index >= 15 is 0 Å². The van der Waals surface area contributed by atoms with E-state index in [0.717, 1.165) is 10.6 Å². The Kier molecular flexibility index (Phi) is 2.82. The van der Waals surface area contributed by atoms with Crippen molar-refractivity contribution in [2.75, 3.05) is 18.5 Å². The molecule has 100 valence electrons. The molecule has 1 saturated heterocycles. The van der Waals surface area contributed by atoms with Gasteiger partial charge in [-0.3, -0.25) is 14.5 Å². The van der Waals surface area contributed by atoms with Crippen molar-refractivity contribution in [3.05, 3.63) is 24.3 Å². The zero-order valence-electron chi connectivity index (χ0n) is 11.0. The molecule has 5 heteroatoms. The van der Waals surface area contributed by atoms with Crippen molar-refractivity contribution < 1.29 is 9.59 Å². The second kappa shape index (κ2) is 4.27. The first-order chi connectivity index (χ1) is 9.10. The topological polar surface area (TPSA) is 40.6 Å². The Labute approximate surface area is 116 Å². The molecule has 1 fully saturated rings. The summed E-state index contributed by atoms with van der Waals surface area (Å²) in [4.78, 5) is 28.6. The number of nitrogens with zero attached hydrogens (tertiary/aromatic N) is 2. The third kappa shape index (κ3) is 1.61. The van der Waals surface area contributed by atoms with Gasteiger partial charge in [-0.2, -0.15) is 0 Å². The van der Waals surface area contributed by atoms with Gasteiger partial charge >= 0.3 is 0 Å². The maximum Gasteiger partial charge on any atom is 0.259 e. The van der Waals surface area contributed by atoms with Gasteiger partial charge in [0.25, 0.3) is 5.91 Å². The second-order valence-corrected chi connectivity index (χ2v) is 6.22. The summed E-state index contributed by atoms with van der Waals surface area (Å²) in [6, 6.07) is 7.76. The summed E-state index contributed by atoms with van der Waals surface area (Å²) in [7, 11) is 1.79. The number of likely N-dealkylation sites (N-methyl/N-ethyl adjacent to an activating group) is 1. The summed E-state index contributed by atoms with van der Waals surface area (Å²) in [5.41, 5.74) is 0.882. The number of amides is 2. The minimum atomic E-state index is -0.745. The third-order valence-electron chi connectivity index (χ3n) is 3.83. The number of anilines is 1. The zero-order chi connectivity index (χ0) is 13.6. The first-order valence-corrected chi connectivity index (χ1v) is 7.28.